The number of allylic oxidation sites excluding steroid dienone is 2. The van der Waals surface area contributed by atoms with Crippen LogP contribution >= 0.6 is 0 Å². The van der Waals surface area contributed by atoms with Crippen molar-refractivity contribution in [3.8, 4) is 18.2 Å². The molecule has 1 aromatic carbocycles. The van der Waals surface area contributed by atoms with Crippen LogP contribution in [0.15, 0.2) is 35.5 Å². The SMILES string of the molecule is N#CC(C#N)=C(C#N)Nc1cccc(C(=O)N2CCCCCC2)c1. The van der Waals surface area contributed by atoms with Gasteiger partial charge < -0.3 is 10.2 Å². The highest BCUT2D eigenvalue weighted by molar-refractivity contribution is 5.95. The average molecular weight is 319 g/mol. The molecular weight excluding hydrogens is 302 g/mol. The maximum atomic E-state index is 12.6. The number of carbonyl (C=O) groups is 1. The summed E-state index contributed by atoms with van der Waals surface area (Å²) < 4.78 is 0. The predicted molar refractivity (Wildman–Crippen MR) is 88.3 cm³/mol. The van der Waals surface area contributed by atoms with Crippen molar-refractivity contribution in [2.24, 2.45) is 0 Å². The largest absolute Gasteiger partial charge is 0.345 e. The molecule has 6 nitrogen and oxygen atoms in total. The number of hydrogen-bond acceptors (Lipinski definition) is 5. The molecule has 1 aromatic rings. The van der Waals surface area contributed by atoms with E-state index in [2.05, 4.69) is 5.32 Å². The summed E-state index contributed by atoms with van der Waals surface area (Å²) in [5.41, 5.74) is 0.603. The summed E-state index contributed by atoms with van der Waals surface area (Å²) in [6.07, 6.45) is 4.32. The number of carbonyl (C=O) groups excluding carboxylic acids is 1. The first-order valence-corrected chi connectivity index (χ1v) is 7.80. The number of nitrogens with one attached hydrogen (secondary N) is 1. The van der Waals surface area contributed by atoms with Gasteiger partial charge in [-0.2, -0.15) is 15.8 Å². The molecule has 1 aliphatic heterocycles. The number of nitrogens with zero attached hydrogens (tertiary/aromatic N) is 4. The van der Waals surface area contributed by atoms with Crippen molar-refractivity contribution in [2.75, 3.05) is 18.4 Å². The van der Waals surface area contributed by atoms with Crippen molar-refractivity contribution in [1.82, 2.24) is 4.90 Å². The topological polar surface area (TPSA) is 104 Å². The van der Waals surface area contributed by atoms with E-state index in [0.29, 0.717) is 11.3 Å². The second kappa shape index (κ2) is 8.36. The minimum absolute atomic E-state index is 0.0381. The number of hydrogen-bond donors (Lipinski definition) is 1. The fourth-order valence-electron chi connectivity index (χ4n) is 2.61. The van der Waals surface area contributed by atoms with E-state index in [1.807, 2.05) is 4.90 Å². The fraction of sp³-hybridized carbons (Fsp3) is 0.333. The molecule has 0 saturated carbocycles. The summed E-state index contributed by atoms with van der Waals surface area (Å²) >= 11 is 0. The monoisotopic (exact) mass is 319 g/mol. The van der Waals surface area contributed by atoms with Gasteiger partial charge in [0.05, 0.1) is 0 Å². The molecule has 1 fully saturated rings. The molecule has 120 valence electrons. The molecule has 0 spiro atoms. The number of benzene rings is 1. The zero-order chi connectivity index (χ0) is 17.4. The molecule has 0 aliphatic carbocycles. The summed E-state index contributed by atoms with van der Waals surface area (Å²) in [5.74, 6) is -0.0381. The molecule has 1 heterocycles. The third-order valence-electron chi connectivity index (χ3n) is 3.86. The lowest BCUT2D eigenvalue weighted by Crippen LogP contribution is -2.31. The Morgan fingerprint density at radius 2 is 1.67 bits per heavy atom. The molecular formula is C18H17N5O. The number of amides is 1. The van der Waals surface area contributed by atoms with Crippen molar-refractivity contribution in [1.29, 1.82) is 15.8 Å². The summed E-state index contributed by atoms with van der Waals surface area (Å²) in [6, 6.07) is 11.9. The second-order valence-corrected chi connectivity index (χ2v) is 5.50. The highest BCUT2D eigenvalue weighted by atomic mass is 16.2. The van der Waals surface area contributed by atoms with E-state index in [4.69, 9.17) is 15.8 Å². The summed E-state index contributed by atoms with van der Waals surface area (Å²) in [4.78, 5) is 14.5. The molecule has 2 rings (SSSR count). The van der Waals surface area contributed by atoms with E-state index in [0.717, 1.165) is 38.8 Å². The highest BCUT2D eigenvalue weighted by Crippen LogP contribution is 2.18. The molecule has 0 bridgehead atoms. The van der Waals surface area contributed by atoms with Crippen LogP contribution in [0.1, 0.15) is 36.0 Å². The Morgan fingerprint density at radius 1 is 1.00 bits per heavy atom. The highest BCUT2D eigenvalue weighted by Gasteiger charge is 2.17. The smallest absolute Gasteiger partial charge is 0.253 e. The first-order chi connectivity index (χ1) is 11.7. The number of nitriles is 3. The number of anilines is 1. The van der Waals surface area contributed by atoms with Crippen LogP contribution in [0.4, 0.5) is 5.69 Å². The van der Waals surface area contributed by atoms with Crippen LogP contribution in [0, 0.1) is 34.0 Å². The van der Waals surface area contributed by atoms with E-state index in [-0.39, 0.29) is 17.2 Å². The van der Waals surface area contributed by atoms with Gasteiger partial charge in [-0.15, -0.1) is 0 Å². The minimum Gasteiger partial charge on any atom is -0.345 e. The number of rotatable bonds is 3. The first-order valence-electron chi connectivity index (χ1n) is 7.80. The molecule has 1 N–H and O–H groups in total. The van der Waals surface area contributed by atoms with Crippen LogP contribution in [0.2, 0.25) is 0 Å². The van der Waals surface area contributed by atoms with Gasteiger partial charge in [-0.1, -0.05) is 18.9 Å². The Bertz CT molecular complexity index is 752. The lowest BCUT2D eigenvalue weighted by Gasteiger charge is -2.20. The molecule has 1 saturated heterocycles. The Morgan fingerprint density at radius 3 is 2.25 bits per heavy atom. The minimum atomic E-state index is -0.290. The van der Waals surface area contributed by atoms with E-state index in [9.17, 15) is 4.79 Å². The quantitative estimate of drug-likeness (QED) is 0.863. The predicted octanol–water partition coefficient (Wildman–Crippen LogP) is 2.94. The maximum Gasteiger partial charge on any atom is 0.253 e. The molecule has 24 heavy (non-hydrogen) atoms. The van der Waals surface area contributed by atoms with E-state index in [1.54, 1.807) is 42.5 Å². The van der Waals surface area contributed by atoms with E-state index < -0.39 is 0 Å². The lowest BCUT2D eigenvalue weighted by atomic mass is 10.1. The van der Waals surface area contributed by atoms with Gasteiger partial charge in [-0.25, -0.2) is 0 Å². The number of likely N-dealkylation sites (tertiary alicyclic amines) is 1. The average Bonchev–Trinajstić information content (AvgIpc) is 2.90. The summed E-state index contributed by atoms with van der Waals surface area (Å²) in [6.45, 7) is 1.51. The van der Waals surface area contributed by atoms with Gasteiger partial charge in [0, 0.05) is 24.3 Å². The third kappa shape index (κ3) is 4.12. The molecule has 1 amide bonds. The Labute approximate surface area is 141 Å². The van der Waals surface area contributed by atoms with Gasteiger partial charge in [0.25, 0.3) is 5.91 Å². The van der Waals surface area contributed by atoms with Crippen LogP contribution in [0.25, 0.3) is 0 Å². The summed E-state index contributed by atoms with van der Waals surface area (Å²) in [5, 5.41) is 29.6. The van der Waals surface area contributed by atoms with Gasteiger partial charge in [-0.05, 0) is 31.0 Å². The van der Waals surface area contributed by atoms with Crippen LogP contribution in [-0.2, 0) is 0 Å². The summed E-state index contributed by atoms with van der Waals surface area (Å²) in [7, 11) is 0. The molecule has 6 heteroatoms. The van der Waals surface area contributed by atoms with Crippen molar-refractivity contribution in [3.63, 3.8) is 0 Å². The lowest BCUT2D eigenvalue weighted by molar-refractivity contribution is 0.0761. The van der Waals surface area contributed by atoms with Gasteiger partial charge in [0.15, 0.2) is 5.57 Å². The van der Waals surface area contributed by atoms with Crippen LogP contribution in [-0.4, -0.2) is 23.9 Å². The maximum absolute atomic E-state index is 12.6. The molecule has 1 aliphatic rings. The van der Waals surface area contributed by atoms with E-state index >= 15 is 0 Å². The van der Waals surface area contributed by atoms with Gasteiger partial charge in [0.1, 0.15) is 23.9 Å². The van der Waals surface area contributed by atoms with E-state index in [1.165, 1.54) is 0 Å². The zero-order valence-corrected chi connectivity index (χ0v) is 13.2. The van der Waals surface area contributed by atoms with Gasteiger partial charge in [-0.3, -0.25) is 4.79 Å². The molecule has 0 unspecified atom stereocenters. The van der Waals surface area contributed by atoms with Gasteiger partial charge in [0.2, 0.25) is 0 Å². The first kappa shape index (κ1) is 17.1. The second-order valence-electron chi connectivity index (χ2n) is 5.50. The fourth-order valence-corrected chi connectivity index (χ4v) is 2.61. The van der Waals surface area contributed by atoms with Gasteiger partial charge >= 0.3 is 0 Å². The Kier molecular flexibility index (Phi) is 5.95. The van der Waals surface area contributed by atoms with Crippen molar-refractivity contribution < 1.29 is 4.79 Å². The molecule has 0 atom stereocenters. The van der Waals surface area contributed by atoms with Crippen molar-refractivity contribution in [3.05, 3.63) is 41.1 Å². The van der Waals surface area contributed by atoms with Crippen molar-refractivity contribution in [2.45, 2.75) is 25.7 Å². The van der Waals surface area contributed by atoms with Crippen molar-refractivity contribution >= 4 is 11.6 Å². The standard InChI is InChI=1S/C18H17N5O/c19-11-15(12-20)17(13-21)22-16-7-5-6-14(10-16)18(24)23-8-3-1-2-4-9-23/h5-7,10,22H,1-4,8-9H2. The molecule has 0 radical (unpaired) electrons. The third-order valence-corrected chi connectivity index (χ3v) is 3.86. The normalized spacial score (nSPS) is 13.6. The van der Waals surface area contributed by atoms with Crippen LogP contribution < -0.4 is 5.32 Å². The Hall–Kier alpha value is -3.30. The molecule has 0 aromatic heterocycles. The van der Waals surface area contributed by atoms with Crippen LogP contribution in [0.5, 0.6) is 0 Å². The van der Waals surface area contributed by atoms with Crippen LogP contribution in [0.3, 0.4) is 0 Å². The zero-order valence-electron chi connectivity index (χ0n) is 13.2. The Balaban J connectivity index is 2.21.